The number of hydrogen-bond acceptors (Lipinski definition) is 6. The highest BCUT2D eigenvalue weighted by Gasteiger charge is 2.21. The van der Waals surface area contributed by atoms with Gasteiger partial charge in [-0.2, -0.15) is 0 Å². The monoisotopic (exact) mass is 392 g/mol. The third-order valence-corrected chi connectivity index (χ3v) is 4.32. The van der Waals surface area contributed by atoms with Crippen molar-refractivity contribution in [2.24, 2.45) is 0 Å². The molecule has 0 saturated carbocycles. The Morgan fingerprint density at radius 2 is 1.71 bits per heavy atom. The molecule has 1 aliphatic rings. The summed E-state index contributed by atoms with van der Waals surface area (Å²) in [5.41, 5.74) is 1.16. The number of nitrogens with zero attached hydrogens (tertiary/aromatic N) is 1. The van der Waals surface area contributed by atoms with Crippen molar-refractivity contribution in [3.8, 4) is 0 Å². The molecule has 1 heterocycles. The van der Waals surface area contributed by atoms with Crippen molar-refractivity contribution < 1.29 is 24.2 Å². The molecular weight excluding hydrogens is 364 g/mol. The van der Waals surface area contributed by atoms with Crippen LogP contribution < -0.4 is 16.0 Å². The van der Waals surface area contributed by atoms with Crippen LogP contribution in [0.3, 0.4) is 0 Å². The summed E-state index contributed by atoms with van der Waals surface area (Å²) in [5, 5.41) is 17.6. The zero-order chi connectivity index (χ0) is 20.4. The average molecular weight is 392 g/mol. The molecule has 9 nitrogen and oxygen atoms in total. The molecule has 0 bridgehead atoms. The van der Waals surface area contributed by atoms with Crippen LogP contribution in [0.1, 0.15) is 19.8 Å². The highest BCUT2D eigenvalue weighted by molar-refractivity contribution is 5.94. The first-order valence-electron chi connectivity index (χ1n) is 9.38. The van der Waals surface area contributed by atoms with Crippen LogP contribution in [0.15, 0.2) is 24.3 Å². The van der Waals surface area contributed by atoms with Gasteiger partial charge in [-0.3, -0.25) is 19.3 Å². The van der Waals surface area contributed by atoms with E-state index < -0.39 is 12.0 Å². The maximum Gasteiger partial charge on any atom is 0.321 e. The second-order valence-electron chi connectivity index (χ2n) is 6.66. The van der Waals surface area contributed by atoms with Crippen molar-refractivity contribution in [2.75, 3.05) is 50.0 Å². The van der Waals surface area contributed by atoms with Gasteiger partial charge in [0, 0.05) is 31.4 Å². The van der Waals surface area contributed by atoms with Crippen molar-refractivity contribution in [1.82, 2.24) is 10.2 Å². The van der Waals surface area contributed by atoms with Gasteiger partial charge in [0.25, 0.3) is 0 Å². The van der Waals surface area contributed by atoms with E-state index in [1.54, 1.807) is 24.3 Å². The number of rotatable bonds is 10. The molecule has 0 aliphatic carbocycles. The van der Waals surface area contributed by atoms with Crippen molar-refractivity contribution in [2.45, 2.75) is 25.8 Å². The predicted octanol–water partition coefficient (Wildman–Crippen LogP) is 0.739. The van der Waals surface area contributed by atoms with E-state index in [1.165, 1.54) is 6.92 Å². The number of carbonyl (C=O) groups excluding carboxylic acids is 2. The molecule has 154 valence electrons. The average Bonchev–Trinajstić information content (AvgIpc) is 2.66. The van der Waals surface area contributed by atoms with E-state index in [0.717, 1.165) is 39.3 Å². The maximum atomic E-state index is 12.2. The minimum absolute atomic E-state index is 0.166. The lowest BCUT2D eigenvalue weighted by atomic mass is 10.2. The Kier molecular flexibility index (Phi) is 8.86. The first-order valence-corrected chi connectivity index (χ1v) is 9.38. The normalized spacial score (nSPS) is 15.6. The fourth-order valence-electron chi connectivity index (χ4n) is 2.89. The Hall–Kier alpha value is -2.49. The van der Waals surface area contributed by atoms with Gasteiger partial charge in [0.1, 0.15) is 6.04 Å². The lowest BCUT2D eigenvalue weighted by Crippen LogP contribution is -2.42. The summed E-state index contributed by atoms with van der Waals surface area (Å²) < 4.78 is 5.29. The zero-order valence-electron chi connectivity index (χ0n) is 16.1. The van der Waals surface area contributed by atoms with Crippen LogP contribution in [0.4, 0.5) is 11.4 Å². The minimum atomic E-state index is -1.05. The first kappa shape index (κ1) is 21.8. The van der Waals surface area contributed by atoms with Crippen molar-refractivity contribution in [1.29, 1.82) is 0 Å². The van der Waals surface area contributed by atoms with Crippen LogP contribution >= 0.6 is 0 Å². The van der Waals surface area contributed by atoms with E-state index in [9.17, 15) is 19.5 Å². The van der Waals surface area contributed by atoms with Crippen LogP contribution in [0.2, 0.25) is 0 Å². The van der Waals surface area contributed by atoms with E-state index in [-0.39, 0.29) is 18.2 Å². The van der Waals surface area contributed by atoms with Gasteiger partial charge in [0.15, 0.2) is 0 Å². The molecule has 0 aromatic heterocycles. The molecule has 0 spiro atoms. The van der Waals surface area contributed by atoms with Gasteiger partial charge >= 0.3 is 5.97 Å². The van der Waals surface area contributed by atoms with E-state index in [4.69, 9.17) is 4.74 Å². The number of amides is 2. The number of ether oxygens (including phenoxy) is 1. The second-order valence-corrected chi connectivity index (χ2v) is 6.66. The molecule has 2 rings (SSSR count). The number of carboxylic acids is 1. The van der Waals surface area contributed by atoms with Crippen molar-refractivity contribution in [3.63, 3.8) is 0 Å². The molecule has 0 radical (unpaired) electrons. The number of anilines is 2. The smallest absolute Gasteiger partial charge is 0.321 e. The summed E-state index contributed by atoms with van der Waals surface area (Å²) in [6, 6.07) is 5.68. The van der Waals surface area contributed by atoms with Gasteiger partial charge in [0.05, 0.1) is 19.6 Å². The summed E-state index contributed by atoms with van der Waals surface area (Å²) in [7, 11) is 0. The van der Waals surface area contributed by atoms with Crippen molar-refractivity contribution in [3.05, 3.63) is 24.3 Å². The van der Waals surface area contributed by atoms with E-state index in [2.05, 4.69) is 20.9 Å². The van der Waals surface area contributed by atoms with Gasteiger partial charge in [-0.25, -0.2) is 0 Å². The SMILES string of the molecule is CC(=O)Nc1ccc(NC(=O)C[C@H](NCCCN2CCOCC2)C(=O)O)cc1. The molecule has 1 aromatic carbocycles. The molecule has 1 fully saturated rings. The molecule has 1 aromatic rings. The molecule has 28 heavy (non-hydrogen) atoms. The highest BCUT2D eigenvalue weighted by atomic mass is 16.5. The lowest BCUT2D eigenvalue weighted by Gasteiger charge is -2.26. The van der Waals surface area contributed by atoms with Crippen LogP contribution in [0.25, 0.3) is 0 Å². The van der Waals surface area contributed by atoms with Crippen LogP contribution in [-0.2, 0) is 19.1 Å². The summed E-state index contributed by atoms with van der Waals surface area (Å²) >= 11 is 0. The number of morpholine rings is 1. The number of carbonyl (C=O) groups is 3. The zero-order valence-corrected chi connectivity index (χ0v) is 16.1. The number of hydrogen-bond donors (Lipinski definition) is 4. The molecule has 1 aliphatic heterocycles. The summed E-state index contributed by atoms with van der Waals surface area (Å²) in [5.74, 6) is -1.62. The topological polar surface area (TPSA) is 120 Å². The largest absolute Gasteiger partial charge is 0.480 e. The Labute approximate surface area is 164 Å². The molecular formula is C19H28N4O5. The lowest BCUT2D eigenvalue weighted by molar-refractivity contribution is -0.141. The molecule has 4 N–H and O–H groups in total. The summed E-state index contributed by atoms with van der Waals surface area (Å²) in [4.78, 5) is 36.9. The Morgan fingerprint density at radius 3 is 2.29 bits per heavy atom. The maximum absolute atomic E-state index is 12.2. The van der Waals surface area contributed by atoms with E-state index in [0.29, 0.717) is 17.9 Å². The molecule has 0 unspecified atom stereocenters. The van der Waals surface area contributed by atoms with Gasteiger partial charge in [-0.05, 0) is 43.8 Å². The summed E-state index contributed by atoms with van der Waals surface area (Å²) in [6.45, 7) is 6.06. The molecule has 1 saturated heterocycles. The van der Waals surface area contributed by atoms with Crippen LogP contribution in [-0.4, -0.2) is 73.2 Å². The second kappa shape index (κ2) is 11.4. The van der Waals surface area contributed by atoms with Crippen LogP contribution in [0, 0.1) is 0 Å². The predicted molar refractivity (Wildman–Crippen MR) is 105 cm³/mol. The van der Waals surface area contributed by atoms with E-state index >= 15 is 0 Å². The number of benzene rings is 1. The van der Waals surface area contributed by atoms with Crippen molar-refractivity contribution >= 4 is 29.2 Å². The van der Waals surface area contributed by atoms with Gasteiger partial charge < -0.3 is 25.8 Å². The fraction of sp³-hybridized carbons (Fsp3) is 0.526. The molecule has 9 heteroatoms. The Balaban J connectivity index is 1.73. The van der Waals surface area contributed by atoms with Gasteiger partial charge in [0.2, 0.25) is 11.8 Å². The van der Waals surface area contributed by atoms with E-state index in [1.807, 2.05) is 0 Å². The van der Waals surface area contributed by atoms with Crippen LogP contribution in [0.5, 0.6) is 0 Å². The standard InChI is InChI=1S/C19H28N4O5/c1-14(24)21-15-3-5-16(6-4-15)22-18(25)13-17(19(26)27)20-7-2-8-23-9-11-28-12-10-23/h3-6,17,20H,2,7-13H2,1H3,(H,21,24)(H,22,25)(H,26,27)/t17-/m0/s1. The number of nitrogens with one attached hydrogen (secondary N) is 3. The minimum Gasteiger partial charge on any atom is -0.480 e. The molecule has 1 atom stereocenters. The quantitative estimate of drug-likeness (QED) is 0.434. The third-order valence-electron chi connectivity index (χ3n) is 4.32. The number of aliphatic carboxylic acids is 1. The van der Waals surface area contributed by atoms with Gasteiger partial charge in [-0.15, -0.1) is 0 Å². The highest BCUT2D eigenvalue weighted by Crippen LogP contribution is 2.14. The summed E-state index contributed by atoms with van der Waals surface area (Å²) in [6.07, 6.45) is 0.635. The van der Waals surface area contributed by atoms with Gasteiger partial charge in [-0.1, -0.05) is 0 Å². The number of carboxylic acid groups (broad SMARTS) is 1. The molecule has 2 amide bonds. The Bertz CT molecular complexity index is 659. The Morgan fingerprint density at radius 1 is 1.11 bits per heavy atom. The third kappa shape index (κ3) is 8.03. The fourth-order valence-corrected chi connectivity index (χ4v) is 2.89. The first-order chi connectivity index (χ1) is 13.4.